The van der Waals surface area contributed by atoms with Crippen LogP contribution in [0.3, 0.4) is 0 Å². The topological polar surface area (TPSA) is 98.7 Å². The smallest absolute Gasteiger partial charge is 0.219 e. The number of benzene rings is 1. The highest BCUT2D eigenvalue weighted by molar-refractivity contribution is 5.94. The number of carbonyl (C=O) groups excluding carboxylic acids is 2. The van der Waals surface area contributed by atoms with Gasteiger partial charge in [-0.1, -0.05) is 24.3 Å². The van der Waals surface area contributed by atoms with Crippen LogP contribution in [0.1, 0.15) is 41.4 Å². The SMILES string of the molecule is CC(=O)N1CC(Nc2cc(C(=O)CC[C@H](O)CN3Cc4ccccc4C3)ncn2)C1. The second kappa shape index (κ2) is 8.89. The molecule has 8 nitrogen and oxygen atoms in total. The molecule has 2 aliphatic heterocycles. The first-order valence-electron chi connectivity index (χ1n) is 10.3. The summed E-state index contributed by atoms with van der Waals surface area (Å²) in [5, 5.41) is 13.6. The van der Waals surface area contributed by atoms with Gasteiger partial charge in [0.25, 0.3) is 0 Å². The number of anilines is 1. The van der Waals surface area contributed by atoms with Gasteiger partial charge in [-0.25, -0.2) is 9.97 Å². The van der Waals surface area contributed by atoms with E-state index in [0.717, 1.165) is 13.1 Å². The molecule has 1 aromatic heterocycles. The maximum atomic E-state index is 12.5. The van der Waals surface area contributed by atoms with E-state index >= 15 is 0 Å². The van der Waals surface area contributed by atoms with Crippen LogP contribution in [0, 0.1) is 0 Å². The van der Waals surface area contributed by atoms with E-state index in [4.69, 9.17) is 0 Å². The van der Waals surface area contributed by atoms with Gasteiger partial charge >= 0.3 is 0 Å². The summed E-state index contributed by atoms with van der Waals surface area (Å²) in [6.45, 7) is 5.04. The minimum absolute atomic E-state index is 0.0583. The number of carbonyl (C=O) groups is 2. The third-order valence-electron chi connectivity index (χ3n) is 5.71. The van der Waals surface area contributed by atoms with Gasteiger partial charge in [0.15, 0.2) is 5.78 Å². The molecule has 2 aliphatic rings. The molecule has 0 aliphatic carbocycles. The fraction of sp³-hybridized carbons (Fsp3) is 0.455. The minimum Gasteiger partial charge on any atom is -0.392 e. The molecule has 8 heteroatoms. The summed E-state index contributed by atoms with van der Waals surface area (Å²) in [4.78, 5) is 36.0. The fourth-order valence-electron chi connectivity index (χ4n) is 3.97. The Labute approximate surface area is 175 Å². The van der Waals surface area contributed by atoms with Crippen molar-refractivity contribution in [3.63, 3.8) is 0 Å². The average molecular weight is 409 g/mol. The molecule has 0 saturated carbocycles. The number of β-amino-alcohol motifs (C(OH)–C–C–N with tert-alkyl or cyclic N) is 1. The van der Waals surface area contributed by atoms with Gasteiger partial charge in [0.2, 0.25) is 5.91 Å². The molecule has 0 radical (unpaired) electrons. The van der Waals surface area contributed by atoms with Gasteiger partial charge in [0, 0.05) is 52.1 Å². The quantitative estimate of drug-likeness (QED) is 0.637. The lowest BCUT2D eigenvalue weighted by molar-refractivity contribution is -0.132. The summed E-state index contributed by atoms with van der Waals surface area (Å²) in [6.07, 6.45) is 1.44. The third kappa shape index (κ3) is 4.83. The van der Waals surface area contributed by atoms with Crippen molar-refractivity contribution in [3.8, 4) is 0 Å². The number of likely N-dealkylation sites (tertiary alicyclic amines) is 1. The summed E-state index contributed by atoms with van der Waals surface area (Å²) >= 11 is 0. The van der Waals surface area contributed by atoms with Crippen LogP contribution >= 0.6 is 0 Å². The molecule has 1 atom stereocenters. The van der Waals surface area contributed by atoms with Crippen LogP contribution in [0.15, 0.2) is 36.7 Å². The van der Waals surface area contributed by atoms with Crippen LogP contribution in [-0.2, 0) is 17.9 Å². The van der Waals surface area contributed by atoms with Crippen LogP contribution in [0.5, 0.6) is 0 Å². The molecule has 1 saturated heterocycles. The Morgan fingerprint density at radius 2 is 1.90 bits per heavy atom. The number of nitrogens with zero attached hydrogens (tertiary/aromatic N) is 4. The number of hydrogen-bond donors (Lipinski definition) is 2. The number of nitrogens with one attached hydrogen (secondary N) is 1. The predicted octanol–water partition coefficient (Wildman–Crippen LogP) is 1.46. The second-order valence-corrected chi connectivity index (χ2v) is 8.11. The van der Waals surface area contributed by atoms with Crippen molar-refractivity contribution in [1.82, 2.24) is 19.8 Å². The normalized spacial score (nSPS) is 17.3. The van der Waals surface area contributed by atoms with Gasteiger partial charge in [-0.2, -0.15) is 0 Å². The van der Waals surface area contributed by atoms with Crippen molar-refractivity contribution in [2.75, 3.05) is 25.0 Å². The molecule has 1 aromatic carbocycles. The summed E-state index contributed by atoms with van der Waals surface area (Å²) in [5.74, 6) is 0.531. The van der Waals surface area contributed by atoms with Crippen LogP contribution in [0.2, 0.25) is 0 Å². The molecule has 3 heterocycles. The van der Waals surface area contributed by atoms with Crippen molar-refractivity contribution in [3.05, 3.63) is 53.5 Å². The Morgan fingerprint density at radius 1 is 1.20 bits per heavy atom. The maximum absolute atomic E-state index is 12.5. The Kier molecular flexibility index (Phi) is 6.06. The molecule has 4 rings (SSSR count). The molecule has 2 N–H and O–H groups in total. The maximum Gasteiger partial charge on any atom is 0.219 e. The zero-order chi connectivity index (χ0) is 21.1. The Morgan fingerprint density at radius 3 is 2.57 bits per heavy atom. The van der Waals surface area contributed by atoms with Gasteiger partial charge in [0.1, 0.15) is 17.8 Å². The lowest BCUT2D eigenvalue weighted by Gasteiger charge is -2.39. The highest BCUT2D eigenvalue weighted by Crippen LogP contribution is 2.22. The van der Waals surface area contributed by atoms with Gasteiger partial charge in [-0.3, -0.25) is 14.5 Å². The predicted molar refractivity (Wildman–Crippen MR) is 112 cm³/mol. The summed E-state index contributed by atoms with van der Waals surface area (Å²) in [7, 11) is 0. The molecule has 30 heavy (non-hydrogen) atoms. The first-order valence-corrected chi connectivity index (χ1v) is 10.3. The molecular weight excluding hydrogens is 382 g/mol. The summed E-state index contributed by atoms with van der Waals surface area (Å²) in [5.41, 5.74) is 2.95. The van der Waals surface area contributed by atoms with Crippen LogP contribution in [-0.4, -0.2) is 68.3 Å². The van der Waals surface area contributed by atoms with E-state index in [2.05, 4.69) is 32.3 Å². The highest BCUT2D eigenvalue weighted by Gasteiger charge is 2.28. The van der Waals surface area contributed by atoms with Crippen molar-refractivity contribution >= 4 is 17.5 Å². The molecule has 158 valence electrons. The van der Waals surface area contributed by atoms with Gasteiger partial charge in [-0.15, -0.1) is 0 Å². The van der Waals surface area contributed by atoms with Crippen LogP contribution in [0.25, 0.3) is 0 Å². The van der Waals surface area contributed by atoms with E-state index in [-0.39, 0.29) is 24.2 Å². The molecule has 1 fully saturated rings. The first kappa shape index (κ1) is 20.4. The molecule has 0 spiro atoms. The van der Waals surface area contributed by atoms with Gasteiger partial charge < -0.3 is 15.3 Å². The molecule has 2 aromatic rings. The number of rotatable bonds is 8. The van der Waals surface area contributed by atoms with Gasteiger partial charge in [-0.05, 0) is 17.5 Å². The lowest BCUT2D eigenvalue weighted by Crippen LogP contribution is -2.56. The Balaban J connectivity index is 1.23. The van der Waals surface area contributed by atoms with Crippen molar-refractivity contribution in [1.29, 1.82) is 0 Å². The first-order chi connectivity index (χ1) is 14.5. The standard InChI is InChI=1S/C22H27N5O3/c1-15(28)27-11-18(12-27)25-22-8-20(23-14-24-22)21(30)7-6-19(29)13-26-9-16-4-2-3-5-17(16)10-26/h2-5,8,14,18-19,29H,6-7,9-13H2,1H3,(H,23,24,25)/t19-/m0/s1. The molecule has 0 bridgehead atoms. The number of amides is 1. The Hall–Kier alpha value is -2.84. The van der Waals surface area contributed by atoms with E-state index in [1.807, 2.05) is 12.1 Å². The van der Waals surface area contributed by atoms with E-state index in [9.17, 15) is 14.7 Å². The van der Waals surface area contributed by atoms with Crippen molar-refractivity contribution in [2.24, 2.45) is 0 Å². The largest absolute Gasteiger partial charge is 0.392 e. The number of Topliss-reactive ketones (excluding diaryl/α,β-unsaturated/α-hetero) is 1. The van der Waals surface area contributed by atoms with Gasteiger partial charge in [0.05, 0.1) is 12.1 Å². The molecule has 0 unspecified atom stereocenters. The van der Waals surface area contributed by atoms with E-state index in [0.29, 0.717) is 37.6 Å². The Bertz CT molecular complexity index is 903. The molecule has 1 amide bonds. The van der Waals surface area contributed by atoms with E-state index in [1.165, 1.54) is 17.5 Å². The number of aromatic nitrogens is 2. The summed E-state index contributed by atoms with van der Waals surface area (Å²) < 4.78 is 0. The zero-order valence-corrected chi connectivity index (χ0v) is 17.1. The molecular formula is C22H27N5O3. The van der Waals surface area contributed by atoms with Crippen LogP contribution < -0.4 is 5.32 Å². The van der Waals surface area contributed by atoms with E-state index in [1.54, 1.807) is 17.9 Å². The number of aliphatic hydroxyl groups is 1. The lowest BCUT2D eigenvalue weighted by atomic mass is 10.1. The third-order valence-corrected chi connectivity index (χ3v) is 5.71. The fourth-order valence-corrected chi connectivity index (χ4v) is 3.97. The highest BCUT2D eigenvalue weighted by atomic mass is 16.3. The van der Waals surface area contributed by atoms with E-state index < -0.39 is 6.10 Å². The number of ketones is 1. The number of hydrogen-bond acceptors (Lipinski definition) is 7. The number of fused-ring (bicyclic) bond motifs is 1. The minimum atomic E-state index is -0.560. The van der Waals surface area contributed by atoms with Crippen LogP contribution in [0.4, 0.5) is 5.82 Å². The number of aliphatic hydroxyl groups excluding tert-OH is 1. The van der Waals surface area contributed by atoms with Crippen molar-refractivity contribution < 1.29 is 14.7 Å². The monoisotopic (exact) mass is 409 g/mol. The zero-order valence-electron chi connectivity index (χ0n) is 17.1. The van der Waals surface area contributed by atoms with Crippen molar-refractivity contribution in [2.45, 2.75) is 45.0 Å². The second-order valence-electron chi connectivity index (χ2n) is 8.11. The average Bonchev–Trinajstić information content (AvgIpc) is 3.10. The summed E-state index contributed by atoms with van der Waals surface area (Å²) in [6, 6.07) is 10.1.